The largest absolute Gasteiger partial charge is 0.494 e. The standard InChI is InChI=1S/C18H23N3O5/c1-2-26-13-5-3-4-11(8-13)18(25)21-10-12(22)9-15(21)17(24)20-14-6-7-19-16(14)23/h3-5,8,12,14-15,22H,2,6-7,9-10H2,1H3,(H,19,23)(H,20,24)/t12-,14+,15+/m1/s1. The highest BCUT2D eigenvalue weighted by molar-refractivity contribution is 5.99. The number of rotatable bonds is 5. The number of carbonyl (C=O) groups excluding carboxylic acids is 3. The number of hydrogen-bond donors (Lipinski definition) is 3. The summed E-state index contributed by atoms with van der Waals surface area (Å²) in [5, 5.41) is 15.3. The molecule has 2 saturated heterocycles. The van der Waals surface area contributed by atoms with Gasteiger partial charge in [0.2, 0.25) is 11.8 Å². The lowest BCUT2D eigenvalue weighted by atomic mass is 10.1. The topological polar surface area (TPSA) is 108 Å². The Labute approximate surface area is 151 Å². The van der Waals surface area contributed by atoms with Crippen LogP contribution in [0.2, 0.25) is 0 Å². The minimum atomic E-state index is -0.804. The number of β-amino-alcohol motifs (C(OH)–C–C–N with tert-alkyl or cyclic N) is 1. The lowest BCUT2D eigenvalue weighted by molar-refractivity contribution is -0.129. The van der Waals surface area contributed by atoms with Gasteiger partial charge in [0, 0.05) is 25.1 Å². The Kier molecular flexibility index (Phi) is 5.41. The third kappa shape index (κ3) is 3.80. The second-order valence-corrected chi connectivity index (χ2v) is 6.46. The van der Waals surface area contributed by atoms with Gasteiger partial charge in [0.1, 0.15) is 17.8 Å². The van der Waals surface area contributed by atoms with Crippen LogP contribution in [0.1, 0.15) is 30.1 Å². The number of aliphatic hydroxyl groups excluding tert-OH is 1. The summed E-state index contributed by atoms with van der Waals surface area (Å²) in [6, 6.07) is 5.34. The van der Waals surface area contributed by atoms with Crippen molar-refractivity contribution in [1.82, 2.24) is 15.5 Å². The molecular weight excluding hydrogens is 338 g/mol. The fourth-order valence-corrected chi connectivity index (χ4v) is 3.34. The monoisotopic (exact) mass is 361 g/mol. The van der Waals surface area contributed by atoms with Crippen molar-refractivity contribution in [2.75, 3.05) is 19.7 Å². The molecule has 2 aliphatic rings. The zero-order valence-electron chi connectivity index (χ0n) is 14.6. The van der Waals surface area contributed by atoms with Gasteiger partial charge in [-0.15, -0.1) is 0 Å². The van der Waals surface area contributed by atoms with E-state index >= 15 is 0 Å². The normalized spacial score (nSPS) is 25.1. The van der Waals surface area contributed by atoms with Gasteiger partial charge in [-0.3, -0.25) is 14.4 Å². The molecule has 26 heavy (non-hydrogen) atoms. The highest BCUT2D eigenvalue weighted by Gasteiger charge is 2.40. The fraction of sp³-hybridized carbons (Fsp3) is 0.500. The Hall–Kier alpha value is -2.61. The number of likely N-dealkylation sites (tertiary alicyclic amines) is 1. The van der Waals surface area contributed by atoms with Crippen LogP contribution in [0.5, 0.6) is 5.75 Å². The Balaban J connectivity index is 1.74. The SMILES string of the molecule is CCOc1cccc(C(=O)N2C[C@H](O)C[C@H]2C(=O)N[C@H]2CCNC2=O)c1. The summed E-state index contributed by atoms with van der Waals surface area (Å²) in [6.07, 6.45) is -0.108. The summed E-state index contributed by atoms with van der Waals surface area (Å²) < 4.78 is 5.41. The van der Waals surface area contributed by atoms with Crippen LogP contribution in [0, 0.1) is 0 Å². The van der Waals surface area contributed by atoms with E-state index in [4.69, 9.17) is 4.74 Å². The molecule has 140 valence electrons. The fourth-order valence-electron chi connectivity index (χ4n) is 3.34. The molecule has 2 fully saturated rings. The van der Waals surface area contributed by atoms with Crippen LogP contribution in [0.3, 0.4) is 0 Å². The van der Waals surface area contributed by atoms with Crippen molar-refractivity contribution < 1.29 is 24.2 Å². The molecule has 0 spiro atoms. The summed E-state index contributed by atoms with van der Waals surface area (Å²) >= 11 is 0. The van der Waals surface area contributed by atoms with Gasteiger partial charge >= 0.3 is 0 Å². The van der Waals surface area contributed by atoms with E-state index in [1.807, 2.05) is 6.92 Å². The van der Waals surface area contributed by atoms with Crippen LogP contribution in [0.15, 0.2) is 24.3 Å². The van der Waals surface area contributed by atoms with E-state index < -0.39 is 24.1 Å². The number of aliphatic hydroxyl groups is 1. The van der Waals surface area contributed by atoms with Gasteiger partial charge in [-0.25, -0.2) is 0 Å². The van der Waals surface area contributed by atoms with Gasteiger partial charge in [-0.1, -0.05) is 6.07 Å². The highest BCUT2D eigenvalue weighted by Crippen LogP contribution is 2.23. The third-order valence-electron chi connectivity index (χ3n) is 4.60. The molecule has 0 aromatic heterocycles. The third-order valence-corrected chi connectivity index (χ3v) is 4.60. The van der Waals surface area contributed by atoms with Crippen LogP contribution in [-0.4, -0.2) is 65.6 Å². The van der Waals surface area contributed by atoms with E-state index in [2.05, 4.69) is 10.6 Å². The molecule has 0 saturated carbocycles. The van der Waals surface area contributed by atoms with Gasteiger partial charge in [0.05, 0.1) is 12.7 Å². The van der Waals surface area contributed by atoms with Gasteiger partial charge < -0.3 is 25.4 Å². The van der Waals surface area contributed by atoms with Gasteiger partial charge in [-0.2, -0.15) is 0 Å². The maximum Gasteiger partial charge on any atom is 0.254 e. The molecule has 0 radical (unpaired) electrons. The molecule has 3 atom stereocenters. The molecular formula is C18H23N3O5. The van der Waals surface area contributed by atoms with E-state index in [9.17, 15) is 19.5 Å². The molecule has 0 bridgehead atoms. The molecule has 1 aromatic rings. The first-order valence-electron chi connectivity index (χ1n) is 8.79. The smallest absolute Gasteiger partial charge is 0.254 e. The quantitative estimate of drug-likeness (QED) is 0.665. The zero-order chi connectivity index (χ0) is 18.7. The summed E-state index contributed by atoms with van der Waals surface area (Å²) in [5.74, 6) is -0.419. The molecule has 3 amide bonds. The molecule has 2 heterocycles. The van der Waals surface area contributed by atoms with Gasteiger partial charge in [0.25, 0.3) is 5.91 Å². The molecule has 1 aromatic carbocycles. The number of benzene rings is 1. The van der Waals surface area contributed by atoms with Crippen molar-refractivity contribution >= 4 is 17.7 Å². The first kappa shape index (κ1) is 18.2. The van der Waals surface area contributed by atoms with Crippen molar-refractivity contribution in [3.63, 3.8) is 0 Å². The van der Waals surface area contributed by atoms with E-state index in [0.717, 1.165) is 0 Å². The average molecular weight is 361 g/mol. The summed E-state index contributed by atoms with van der Waals surface area (Å²) in [5.41, 5.74) is 0.390. The molecule has 3 N–H and O–H groups in total. The van der Waals surface area contributed by atoms with Crippen LogP contribution in [-0.2, 0) is 9.59 Å². The number of nitrogens with one attached hydrogen (secondary N) is 2. The van der Waals surface area contributed by atoms with Crippen molar-refractivity contribution in [2.24, 2.45) is 0 Å². The van der Waals surface area contributed by atoms with E-state index in [0.29, 0.717) is 30.9 Å². The Morgan fingerprint density at radius 2 is 2.23 bits per heavy atom. The molecule has 8 nitrogen and oxygen atoms in total. The Morgan fingerprint density at radius 1 is 1.42 bits per heavy atom. The van der Waals surface area contributed by atoms with Crippen LogP contribution in [0.4, 0.5) is 0 Å². The number of hydrogen-bond acceptors (Lipinski definition) is 5. The predicted molar refractivity (Wildman–Crippen MR) is 92.6 cm³/mol. The van der Waals surface area contributed by atoms with Crippen molar-refractivity contribution in [2.45, 2.75) is 38.0 Å². The summed E-state index contributed by atoms with van der Waals surface area (Å²) in [7, 11) is 0. The Bertz CT molecular complexity index is 708. The maximum absolute atomic E-state index is 12.9. The van der Waals surface area contributed by atoms with Crippen LogP contribution < -0.4 is 15.4 Å². The molecule has 8 heteroatoms. The number of carbonyl (C=O) groups is 3. The molecule has 2 aliphatic heterocycles. The van der Waals surface area contributed by atoms with Crippen molar-refractivity contribution in [3.05, 3.63) is 29.8 Å². The zero-order valence-corrected chi connectivity index (χ0v) is 14.6. The molecule has 3 rings (SSSR count). The second kappa shape index (κ2) is 7.74. The number of nitrogens with zero attached hydrogens (tertiary/aromatic N) is 1. The number of ether oxygens (including phenoxy) is 1. The van der Waals surface area contributed by atoms with Crippen LogP contribution in [0.25, 0.3) is 0 Å². The van der Waals surface area contributed by atoms with Crippen LogP contribution >= 0.6 is 0 Å². The van der Waals surface area contributed by atoms with Gasteiger partial charge in [0.15, 0.2) is 0 Å². The minimum absolute atomic E-state index is 0.0760. The van der Waals surface area contributed by atoms with E-state index in [1.165, 1.54) is 4.90 Å². The van der Waals surface area contributed by atoms with Crippen molar-refractivity contribution in [3.8, 4) is 5.75 Å². The van der Waals surface area contributed by atoms with E-state index in [1.54, 1.807) is 24.3 Å². The van der Waals surface area contributed by atoms with Gasteiger partial charge in [-0.05, 0) is 31.5 Å². The molecule has 0 unspecified atom stereocenters. The minimum Gasteiger partial charge on any atom is -0.494 e. The summed E-state index contributed by atoms with van der Waals surface area (Å²) in [4.78, 5) is 38.5. The lowest BCUT2D eigenvalue weighted by Gasteiger charge is -2.25. The predicted octanol–water partition coefficient (Wildman–Crippen LogP) is -0.335. The average Bonchev–Trinajstić information content (AvgIpc) is 3.21. The van der Waals surface area contributed by atoms with Crippen molar-refractivity contribution in [1.29, 1.82) is 0 Å². The Morgan fingerprint density at radius 3 is 2.92 bits per heavy atom. The number of amides is 3. The lowest BCUT2D eigenvalue weighted by Crippen LogP contribution is -2.50. The molecule has 0 aliphatic carbocycles. The highest BCUT2D eigenvalue weighted by atomic mass is 16.5. The summed E-state index contributed by atoms with van der Waals surface area (Å²) in [6.45, 7) is 2.93. The van der Waals surface area contributed by atoms with E-state index in [-0.39, 0.29) is 24.8 Å². The first-order chi connectivity index (χ1) is 12.5. The second-order valence-electron chi connectivity index (χ2n) is 6.46. The first-order valence-corrected chi connectivity index (χ1v) is 8.79. The maximum atomic E-state index is 12.9.